The van der Waals surface area contributed by atoms with E-state index in [9.17, 15) is 0 Å². The number of aromatic nitrogens is 5. The molecule has 6 nitrogen and oxygen atoms in total. The molecule has 6 heteroatoms. The van der Waals surface area contributed by atoms with Gasteiger partial charge >= 0.3 is 0 Å². The molecule has 0 fully saturated rings. The molecule has 0 amide bonds. The third-order valence-electron chi connectivity index (χ3n) is 2.76. The van der Waals surface area contributed by atoms with Gasteiger partial charge in [0, 0.05) is 25.5 Å². The molecule has 0 atom stereocenters. The molecular formula is C12H14N6. The Hall–Kier alpha value is -2.37. The van der Waals surface area contributed by atoms with E-state index in [0.717, 1.165) is 29.3 Å². The Morgan fingerprint density at radius 2 is 2.22 bits per heavy atom. The fraction of sp³-hybridized carbons (Fsp3) is 0.250. The van der Waals surface area contributed by atoms with Gasteiger partial charge in [0.1, 0.15) is 5.82 Å². The monoisotopic (exact) mass is 242 g/mol. The third-order valence-corrected chi connectivity index (χ3v) is 2.76. The summed E-state index contributed by atoms with van der Waals surface area (Å²) in [5, 5.41) is 11.8. The minimum Gasteiger partial charge on any atom is -0.337 e. The predicted octanol–water partition coefficient (Wildman–Crippen LogP) is 1.77. The minimum atomic E-state index is 0.797. The number of nitrogens with one attached hydrogen (secondary N) is 1. The Kier molecular flexibility index (Phi) is 2.47. The standard InChI is InChI=1S/C12H14N6/c1-3-9-10(8-17(2)16-9)14-11-5-7-18-12(15-11)4-6-13-18/h4-8H,3H2,1-2H3,(H,14,15). The molecule has 92 valence electrons. The summed E-state index contributed by atoms with van der Waals surface area (Å²) in [6, 6.07) is 3.77. The first-order valence-electron chi connectivity index (χ1n) is 5.86. The summed E-state index contributed by atoms with van der Waals surface area (Å²) in [4.78, 5) is 4.47. The molecule has 0 spiro atoms. The smallest absolute Gasteiger partial charge is 0.157 e. The van der Waals surface area contributed by atoms with Crippen LogP contribution in [0, 0.1) is 0 Å². The molecule has 3 heterocycles. The summed E-state index contributed by atoms with van der Waals surface area (Å²) < 4.78 is 3.54. The van der Waals surface area contributed by atoms with Crippen LogP contribution >= 0.6 is 0 Å². The molecule has 1 N–H and O–H groups in total. The van der Waals surface area contributed by atoms with Crippen molar-refractivity contribution in [1.29, 1.82) is 0 Å². The van der Waals surface area contributed by atoms with Crippen molar-refractivity contribution in [2.45, 2.75) is 13.3 Å². The van der Waals surface area contributed by atoms with Crippen LogP contribution < -0.4 is 5.32 Å². The van der Waals surface area contributed by atoms with Crippen LogP contribution in [0.4, 0.5) is 11.5 Å². The lowest BCUT2D eigenvalue weighted by Gasteiger charge is -2.04. The van der Waals surface area contributed by atoms with Crippen molar-refractivity contribution in [1.82, 2.24) is 24.4 Å². The predicted molar refractivity (Wildman–Crippen MR) is 68.9 cm³/mol. The van der Waals surface area contributed by atoms with E-state index in [-0.39, 0.29) is 0 Å². The number of anilines is 2. The van der Waals surface area contributed by atoms with Crippen LogP contribution in [0.15, 0.2) is 30.7 Å². The number of aryl methyl sites for hydroxylation is 2. The summed E-state index contributed by atoms with van der Waals surface area (Å²) in [6.45, 7) is 2.08. The number of nitrogens with zero attached hydrogens (tertiary/aromatic N) is 5. The molecule has 3 aromatic rings. The van der Waals surface area contributed by atoms with Gasteiger partial charge in [0.15, 0.2) is 5.65 Å². The van der Waals surface area contributed by atoms with Crippen LogP contribution in [0.3, 0.4) is 0 Å². The molecule has 0 saturated carbocycles. The lowest BCUT2D eigenvalue weighted by molar-refractivity contribution is 0.746. The van der Waals surface area contributed by atoms with Gasteiger partial charge in [-0.05, 0) is 12.5 Å². The molecule has 0 aliphatic rings. The van der Waals surface area contributed by atoms with E-state index in [1.165, 1.54) is 0 Å². The van der Waals surface area contributed by atoms with Crippen LogP contribution in [-0.4, -0.2) is 24.4 Å². The fourth-order valence-corrected chi connectivity index (χ4v) is 1.92. The van der Waals surface area contributed by atoms with Gasteiger partial charge in [-0.1, -0.05) is 6.92 Å². The van der Waals surface area contributed by atoms with Crippen molar-refractivity contribution < 1.29 is 0 Å². The summed E-state index contributed by atoms with van der Waals surface area (Å²) in [6.07, 6.45) is 6.46. The number of rotatable bonds is 3. The first-order chi connectivity index (χ1) is 8.76. The Labute approximate surface area is 104 Å². The first-order valence-corrected chi connectivity index (χ1v) is 5.86. The van der Waals surface area contributed by atoms with Crippen LogP contribution in [0.2, 0.25) is 0 Å². The van der Waals surface area contributed by atoms with Crippen molar-refractivity contribution in [3.05, 3.63) is 36.4 Å². The maximum atomic E-state index is 4.47. The average molecular weight is 242 g/mol. The molecule has 0 aliphatic heterocycles. The molecule has 0 aromatic carbocycles. The topological polar surface area (TPSA) is 60.0 Å². The van der Waals surface area contributed by atoms with Gasteiger partial charge in [-0.3, -0.25) is 4.68 Å². The summed E-state index contributed by atoms with van der Waals surface area (Å²) in [5.41, 5.74) is 2.85. The molecule has 0 unspecified atom stereocenters. The van der Waals surface area contributed by atoms with Crippen LogP contribution in [0.5, 0.6) is 0 Å². The van der Waals surface area contributed by atoms with E-state index in [2.05, 4.69) is 27.4 Å². The minimum absolute atomic E-state index is 0.797. The van der Waals surface area contributed by atoms with Gasteiger partial charge in [-0.25, -0.2) is 9.50 Å². The van der Waals surface area contributed by atoms with E-state index in [4.69, 9.17) is 0 Å². The highest BCUT2D eigenvalue weighted by Crippen LogP contribution is 2.19. The number of fused-ring (bicyclic) bond motifs is 1. The maximum Gasteiger partial charge on any atom is 0.157 e. The molecule has 0 aliphatic carbocycles. The zero-order valence-corrected chi connectivity index (χ0v) is 10.3. The van der Waals surface area contributed by atoms with E-state index >= 15 is 0 Å². The molecule has 18 heavy (non-hydrogen) atoms. The van der Waals surface area contributed by atoms with Crippen molar-refractivity contribution in [2.24, 2.45) is 7.05 Å². The third kappa shape index (κ3) is 1.81. The van der Waals surface area contributed by atoms with Crippen LogP contribution in [0.1, 0.15) is 12.6 Å². The Balaban J connectivity index is 1.95. The van der Waals surface area contributed by atoms with Gasteiger partial charge < -0.3 is 5.32 Å². The van der Waals surface area contributed by atoms with Crippen molar-refractivity contribution >= 4 is 17.2 Å². The Morgan fingerprint density at radius 3 is 3.06 bits per heavy atom. The second-order valence-corrected chi connectivity index (χ2v) is 4.09. The van der Waals surface area contributed by atoms with Crippen LogP contribution in [0.25, 0.3) is 5.65 Å². The van der Waals surface area contributed by atoms with Crippen molar-refractivity contribution in [3.63, 3.8) is 0 Å². The highest BCUT2D eigenvalue weighted by atomic mass is 15.3. The van der Waals surface area contributed by atoms with Gasteiger partial charge in [0.05, 0.1) is 17.6 Å². The zero-order valence-electron chi connectivity index (χ0n) is 10.3. The highest BCUT2D eigenvalue weighted by molar-refractivity contribution is 5.59. The molecule has 0 bridgehead atoms. The van der Waals surface area contributed by atoms with Crippen molar-refractivity contribution in [2.75, 3.05) is 5.32 Å². The zero-order chi connectivity index (χ0) is 12.5. The van der Waals surface area contributed by atoms with E-state index in [1.54, 1.807) is 15.4 Å². The van der Waals surface area contributed by atoms with Gasteiger partial charge in [0.2, 0.25) is 0 Å². The SMILES string of the molecule is CCc1nn(C)cc1Nc1ccn2nccc2n1. The van der Waals surface area contributed by atoms with Crippen LogP contribution in [-0.2, 0) is 13.5 Å². The maximum absolute atomic E-state index is 4.47. The number of hydrogen-bond donors (Lipinski definition) is 1. The van der Waals surface area contributed by atoms with Gasteiger partial charge in [0.25, 0.3) is 0 Å². The Morgan fingerprint density at radius 1 is 1.33 bits per heavy atom. The normalized spacial score (nSPS) is 11.0. The lowest BCUT2D eigenvalue weighted by Crippen LogP contribution is -1.98. The fourth-order valence-electron chi connectivity index (χ4n) is 1.92. The van der Waals surface area contributed by atoms with E-state index in [0.29, 0.717) is 0 Å². The van der Waals surface area contributed by atoms with Crippen molar-refractivity contribution in [3.8, 4) is 0 Å². The van der Waals surface area contributed by atoms with Gasteiger partial charge in [-0.15, -0.1) is 0 Å². The molecule has 3 aromatic heterocycles. The number of hydrogen-bond acceptors (Lipinski definition) is 4. The quantitative estimate of drug-likeness (QED) is 0.760. The van der Waals surface area contributed by atoms with Gasteiger partial charge in [-0.2, -0.15) is 10.2 Å². The largest absolute Gasteiger partial charge is 0.337 e. The Bertz CT molecular complexity index is 681. The average Bonchev–Trinajstić information content (AvgIpc) is 2.95. The second kappa shape index (κ2) is 4.14. The lowest BCUT2D eigenvalue weighted by atomic mass is 10.3. The molecular weight excluding hydrogens is 228 g/mol. The van der Waals surface area contributed by atoms with E-state index in [1.807, 2.05) is 31.6 Å². The molecule has 0 radical (unpaired) electrons. The highest BCUT2D eigenvalue weighted by Gasteiger charge is 2.07. The van der Waals surface area contributed by atoms with E-state index < -0.39 is 0 Å². The molecule has 3 rings (SSSR count). The summed E-state index contributed by atoms with van der Waals surface area (Å²) in [7, 11) is 1.91. The molecule has 0 saturated heterocycles. The summed E-state index contributed by atoms with van der Waals surface area (Å²) >= 11 is 0. The first kappa shape index (κ1) is 10.8. The summed E-state index contributed by atoms with van der Waals surface area (Å²) in [5.74, 6) is 0.797. The second-order valence-electron chi connectivity index (χ2n) is 4.09.